The zero-order valence-corrected chi connectivity index (χ0v) is 21.0. The molecule has 2 aliphatic rings. The molecule has 12 heteroatoms. The molecule has 9 nitrogen and oxygen atoms in total. The minimum absolute atomic E-state index is 0.0167. The lowest BCUT2D eigenvalue weighted by Gasteiger charge is -2.25. The van der Waals surface area contributed by atoms with E-state index < -0.39 is 23.8 Å². The monoisotopic (exact) mass is 531 g/mol. The predicted molar refractivity (Wildman–Crippen MR) is 131 cm³/mol. The summed E-state index contributed by atoms with van der Waals surface area (Å²) >= 11 is 0. The van der Waals surface area contributed by atoms with Crippen LogP contribution in [0.15, 0.2) is 28.7 Å². The molecule has 2 atom stereocenters. The topological polar surface area (TPSA) is 124 Å². The Bertz CT molecular complexity index is 1380. The number of nitrogens with zero attached hydrogens (tertiary/aromatic N) is 3. The second kappa shape index (κ2) is 9.90. The molecule has 3 N–H and O–H groups in total. The summed E-state index contributed by atoms with van der Waals surface area (Å²) in [5, 5.41) is 3.16. The number of benzene rings is 1. The van der Waals surface area contributed by atoms with Crippen LogP contribution in [0.1, 0.15) is 60.6 Å². The molecule has 0 bridgehead atoms. The van der Waals surface area contributed by atoms with Crippen molar-refractivity contribution in [1.29, 1.82) is 0 Å². The minimum atomic E-state index is -4.64. The summed E-state index contributed by atoms with van der Waals surface area (Å²) in [6.07, 6.45) is -1.12. The van der Waals surface area contributed by atoms with Crippen LogP contribution in [-0.2, 0) is 11.0 Å². The van der Waals surface area contributed by atoms with E-state index >= 15 is 0 Å². The number of ether oxygens (including phenoxy) is 1. The smallest absolute Gasteiger partial charge is 0.433 e. The van der Waals surface area contributed by atoms with E-state index in [9.17, 15) is 22.8 Å². The number of halogens is 3. The van der Waals surface area contributed by atoms with E-state index in [1.165, 1.54) is 19.2 Å². The van der Waals surface area contributed by atoms with Crippen LogP contribution in [0.25, 0.3) is 22.4 Å². The fourth-order valence-electron chi connectivity index (χ4n) is 4.82. The van der Waals surface area contributed by atoms with Crippen LogP contribution in [0.2, 0.25) is 0 Å². The van der Waals surface area contributed by atoms with Gasteiger partial charge in [0.1, 0.15) is 17.0 Å². The number of pyridine rings is 1. The zero-order chi connectivity index (χ0) is 27.2. The lowest BCUT2D eigenvalue weighted by atomic mass is 10.1. The molecule has 3 aromatic rings. The second-order valence-electron chi connectivity index (χ2n) is 9.74. The van der Waals surface area contributed by atoms with Crippen LogP contribution >= 0.6 is 0 Å². The average Bonchev–Trinajstić information content (AvgIpc) is 3.46. The van der Waals surface area contributed by atoms with Crippen LogP contribution in [0, 0.1) is 5.92 Å². The number of likely N-dealkylation sites (tertiary alicyclic amines) is 1. The Morgan fingerprint density at radius 1 is 1.21 bits per heavy atom. The molecule has 3 heterocycles. The van der Waals surface area contributed by atoms with Gasteiger partial charge in [-0.1, -0.05) is 0 Å². The highest BCUT2D eigenvalue weighted by Crippen LogP contribution is 2.37. The molecule has 2 amide bonds. The first-order valence-corrected chi connectivity index (χ1v) is 12.5. The van der Waals surface area contributed by atoms with Gasteiger partial charge in [-0.3, -0.25) is 9.59 Å². The van der Waals surface area contributed by atoms with Crippen molar-refractivity contribution >= 4 is 22.7 Å². The number of rotatable bonds is 7. The first kappa shape index (κ1) is 26.0. The van der Waals surface area contributed by atoms with Crippen molar-refractivity contribution < 1.29 is 31.9 Å². The Morgan fingerprint density at radius 3 is 2.63 bits per heavy atom. The molecule has 0 radical (unpaired) electrons. The molecule has 0 spiro atoms. The summed E-state index contributed by atoms with van der Waals surface area (Å²) in [6.45, 7) is 2.59. The van der Waals surface area contributed by atoms with Gasteiger partial charge < -0.3 is 25.1 Å². The molecule has 1 aliphatic carbocycles. The van der Waals surface area contributed by atoms with Crippen molar-refractivity contribution in [3.8, 4) is 17.2 Å². The summed E-state index contributed by atoms with van der Waals surface area (Å²) in [5.74, 6) is 0.0502. The molecular formula is C26H28F3N5O4. The summed E-state index contributed by atoms with van der Waals surface area (Å²) in [6, 6.07) is 4.40. The number of fused-ring (bicyclic) bond motifs is 1. The van der Waals surface area contributed by atoms with Gasteiger partial charge in [0, 0.05) is 36.0 Å². The standard InChI is InChI=1S/C26H28F3N5O4/c1-13(30)22-21(23(35)31-12-15-4-3-11-34(15)25(36)14-5-6-14)33-24(38-22)17-7-9-18(37-2)20-16(17)8-10-19(32-20)26(27,28)29/h7-10,13-15H,3-6,11-12,30H2,1-2H3,(H,31,35)/t13-,15-/m0/s1. The predicted octanol–water partition coefficient (Wildman–Crippen LogP) is 4.07. The Balaban J connectivity index is 1.44. The van der Waals surface area contributed by atoms with E-state index in [0.717, 1.165) is 31.7 Å². The maximum Gasteiger partial charge on any atom is 0.433 e. The average molecular weight is 532 g/mol. The molecule has 0 unspecified atom stereocenters. The van der Waals surface area contributed by atoms with Crippen molar-refractivity contribution in [2.75, 3.05) is 20.2 Å². The third kappa shape index (κ3) is 4.92. The number of carbonyl (C=O) groups excluding carboxylic acids is 2. The van der Waals surface area contributed by atoms with Gasteiger partial charge in [-0.15, -0.1) is 0 Å². The van der Waals surface area contributed by atoms with E-state index in [2.05, 4.69) is 15.3 Å². The fraction of sp³-hybridized carbons (Fsp3) is 0.462. The Hall–Kier alpha value is -3.67. The number of carbonyl (C=O) groups is 2. The Morgan fingerprint density at radius 2 is 1.97 bits per heavy atom. The number of oxazole rings is 1. The van der Waals surface area contributed by atoms with Gasteiger partial charge in [-0.05, 0) is 56.9 Å². The number of hydrogen-bond acceptors (Lipinski definition) is 7. The van der Waals surface area contributed by atoms with Crippen LogP contribution in [0.3, 0.4) is 0 Å². The number of amides is 2. The van der Waals surface area contributed by atoms with E-state index in [4.69, 9.17) is 14.9 Å². The molecule has 1 aromatic carbocycles. The summed E-state index contributed by atoms with van der Waals surface area (Å²) < 4.78 is 51.0. The molecule has 38 heavy (non-hydrogen) atoms. The van der Waals surface area contributed by atoms with Crippen molar-refractivity contribution in [2.45, 2.75) is 50.9 Å². The van der Waals surface area contributed by atoms with E-state index in [0.29, 0.717) is 17.5 Å². The maximum atomic E-state index is 13.3. The largest absolute Gasteiger partial charge is 0.494 e. The second-order valence-corrected chi connectivity index (χ2v) is 9.74. The fourth-order valence-corrected chi connectivity index (χ4v) is 4.82. The van der Waals surface area contributed by atoms with Crippen LogP contribution in [0.5, 0.6) is 5.75 Å². The van der Waals surface area contributed by atoms with Crippen molar-refractivity contribution in [2.24, 2.45) is 11.7 Å². The normalized spacial score (nSPS) is 18.6. The zero-order valence-electron chi connectivity index (χ0n) is 21.0. The van der Waals surface area contributed by atoms with E-state index in [1.54, 1.807) is 13.0 Å². The SMILES string of the molecule is COc1ccc(-c2nc(C(=O)NC[C@@H]3CCCN3C(=O)C3CC3)c([C@H](C)N)o2)c2ccc(C(F)(F)F)nc12. The van der Waals surface area contributed by atoms with Gasteiger partial charge in [0.25, 0.3) is 5.91 Å². The number of nitrogens with one attached hydrogen (secondary N) is 1. The Kier molecular flexibility index (Phi) is 6.76. The summed E-state index contributed by atoms with van der Waals surface area (Å²) in [7, 11) is 1.34. The van der Waals surface area contributed by atoms with Crippen LogP contribution < -0.4 is 15.8 Å². The first-order chi connectivity index (χ1) is 18.1. The highest BCUT2D eigenvalue weighted by molar-refractivity contribution is 5.98. The lowest BCUT2D eigenvalue weighted by molar-refractivity contribution is -0.141. The highest BCUT2D eigenvalue weighted by atomic mass is 19.4. The van der Waals surface area contributed by atoms with Gasteiger partial charge >= 0.3 is 6.18 Å². The lowest BCUT2D eigenvalue weighted by Crippen LogP contribution is -2.44. The molecule has 2 aromatic heterocycles. The molecule has 2 fully saturated rings. The third-order valence-corrected chi connectivity index (χ3v) is 6.93. The number of methoxy groups -OCH3 is 1. The molecule has 1 aliphatic heterocycles. The minimum Gasteiger partial charge on any atom is -0.494 e. The molecular weight excluding hydrogens is 503 g/mol. The van der Waals surface area contributed by atoms with Gasteiger partial charge in [0.2, 0.25) is 11.8 Å². The number of alkyl halides is 3. The van der Waals surface area contributed by atoms with E-state index in [1.807, 2.05) is 4.90 Å². The molecule has 1 saturated carbocycles. The van der Waals surface area contributed by atoms with Crippen LogP contribution in [-0.4, -0.2) is 52.9 Å². The van der Waals surface area contributed by atoms with Crippen molar-refractivity contribution in [3.05, 3.63) is 41.4 Å². The van der Waals surface area contributed by atoms with E-state index in [-0.39, 0.29) is 53.0 Å². The first-order valence-electron chi connectivity index (χ1n) is 12.5. The molecule has 5 rings (SSSR count). The van der Waals surface area contributed by atoms with Gasteiger partial charge in [0.05, 0.1) is 13.2 Å². The van der Waals surface area contributed by atoms with Crippen molar-refractivity contribution in [1.82, 2.24) is 20.2 Å². The number of hydrogen-bond donors (Lipinski definition) is 2. The molecule has 1 saturated heterocycles. The molecule has 202 valence electrons. The van der Waals surface area contributed by atoms with Gasteiger partial charge in [-0.2, -0.15) is 13.2 Å². The van der Waals surface area contributed by atoms with Gasteiger partial charge in [-0.25, -0.2) is 9.97 Å². The van der Waals surface area contributed by atoms with Crippen molar-refractivity contribution in [3.63, 3.8) is 0 Å². The number of nitrogens with two attached hydrogens (primary N) is 1. The Labute approximate surface area is 216 Å². The van der Waals surface area contributed by atoms with Crippen LogP contribution in [0.4, 0.5) is 13.2 Å². The summed E-state index contributed by atoms with van der Waals surface area (Å²) in [4.78, 5) is 35.7. The third-order valence-electron chi connectivity index (χ3n) is 6.93. The van der Waals surface area contributed by atoms with Gasteiger partial charge in [0.15, 0.2) is 11.5 Å². The highest BCUT2D eigenvalue weighted by Gasteiger charge is 2.38. The quantitative estimate of drug-likeness (QED) is 0.471. The number of aromatic nitrogens is 2. The maximum absolute atomic E-state index is 13.3. The summed E-state index contributed by atoms with van der Waals surface area (Å²) in [5.41, 5.74) is 5.30.